The SMILES string of the molecule is O=C(O)[C@@H]1CCCN1Cc1ccc(-c2nc3ccc(C4(c5ccccc5)CC4)nc3s2)c(F)c1. The van der Waals surface area contributed by atoms with E-state index in [1.165, 1.54) is 23.0 Å². The van der Waals surface area contributed by atoms with E-state index in [0.29, 0.717) is 23.5 Å². The molecule has 1 N–H and O–H groups in total. The maximum Gasteiger partial charge on any atom is 0.320 e. The molecule has 7 heteroatoms. The van der Waals surface area contributed by atoms with Crippen LogP contribution in [0.5, 0.6) is 0 Å². The van der Waals surface area contributed by atoms with E-state index in [-0.39, 0.29) is 11.2 Å². The summed E-state index contributed by atoms with van der Waals surface area (Å²) in [7, 11) is 0. The zero-order valence-electron chi connectivity index (χ0n) is 18.6. The zero-order valence-corrected chi connectivity index (χ0v) is 19.4. The van der Waals surface area contributed by atoms with E-state index >= 15 is 4.39 Å². The van der Waals surface area contributed by atoms with Gasteiger partial charge >= 0.3 is 5.97 Å². The second-order valence-electron chi connectivity index (χ2n) is 9.27. The lowest BCUT2D eigenvalue weighted by Gasteiger charge is -2.21. The largest absolute Gasteiger partial charge is 0.480 e. The highest BCUT2D eigenvalue weighted by atomic mass is 32.1. The molecule has 172 valence electrons. The molecule has 5 nitrogen and oxygen atoms in total. The quantitative estimate of drug-likeness (QED) is 0.393. The minimum Gasteiger partial charge on any atom is -0.480 e. The standard InChI is InChI=1S/C27H24FN3O2S/c28-20-15-17(16-31-14-4-7-22(31)26(32)33)8-9-19(20)24-29-21-10-11-23(30-25(21)34-24)27(12-13-27)18-5-2-1-3-6-18/h1-3,5-6,8-11,15,22H,4,7,12-14,16H2,(H,32,33)/t22-/m0/s1. The smallest absolute Gasteiger partial charge is 0.320 e. The molecule has 0 amide bonds. The van der Waals surface area contributed by atoms with Crippen molar-refractivity contribution in [2.45, 2.75) is 43.7 Å². The number of aliphatic carboxylic acids is 1. The molecule has 6 rings (SSSR count). The van der Waals surface area contributed by atoms with Crippen molar-refractivity contribution in [1.82, 2.24) is 14.9 Å². The van der Waals surface area contributed by atoms with Crippen LogP contribution in [0.25, 0.3) is 20.9 Å². The predicted octanol–water partition coefficient (Wildman–Crippen LogP) is 5.63. The van der Waals surface area contributed by atoms with Gasteiger partial charge in [0.25, 0.3) is 0 Å². The lowest BCUT2D eigenvalue weighted by molar-refractivity contribution is -0.142. The first kappa shape index (κ1) is 21.4. The molecular formula is C27H24FN3O2S. The van der Waals surface area contributed by atoms with Crippen LogP contribution < -0.4 is 0 Å². The Kier molecular flexibility index (Phi) is 5.19. The number of fused-ring (bicyclic) bond motifs is 1. The Morgan fingerprint density at radius 1 is 1.12 bits per heavy atom. The molecule has 1 saturated heterocycles. The van der Waals surface area contributed by atoms with Crippen molar-refractivity contribution in [3.05, 3.63) is 83.3 Å². The number of rotatable bonds is 6. The molecular weight excluding hydrogens is 449 g/mol. The highest BCUT2D eigenvalue weighted by Crippen LogP contribution is 2.53. The van der Waals surface area contributed by atoms with Crippen LogP contribution in [0, 0.1) is 5.82 Å². The summed E-state index contributed by atoms with van der Waals surface area (Å²) >= 11 is 1.41. The maximum absolute atomic E-state index is 15.1. The summed E-state index contributed by atoms with van der Waals surface area (Å²) < 4.78 is 15.1. The molecule has 2 aliphatic rings. The first-order valence-corrected chi connectivity index (χ1v) is 12.4. The van der Waals surface area contributed by atoms with E-state index in [0.717, 1.165) is 47.4 Å². The van der Waals surface area contributed by atoms with Crippen LogP contribution in [0.3, 0.4) is 0 Å². The highest BCUT2D eigenvalue weighted by molar-refractivity contribution is 7.21. The summed E-state index contributed by atoms with van der Waals surface area (Å²) in [6.07, 6.45) is 3.65. The Hall–Kier alpha value is -3.16. The van der Waals surface area contributed by atoms with Crippen LogP contribution >= 0.6 is 11.3 Å². The summed E-state index contributed by atoms with van der Waals surface area (Å²) in [6, 6.07) is 19.2. The van der Waals surface area contributed by atoms with Gasteiger partial charge in [-0.2, -0.15) is 0 Å². The van der Waals surface area contributed by atoms with Crippen molar-refractivity contribution in [2.75, 3.05) is 6.54 Å². The van der Waals surface area contributed by atoms with E-state index < -0.39 is 12.0 Å². The number of carboxylic acids is 1. The molecule has 1 atom stereocenters. The van der Waals surface area contributed by atoms with Gasteiger partial charge in [-0.1, -0.05) is 47.7 Å². The number of thiazole rings is 1. The fourth-order valence-electron chi connectivity index (χ4n) is 5.13. The van der Waals surface area contributed by atoms with Crippen LogP contribution in [-0.4, -0.2) is 38.5 Å². The number of halogens is 1. The first-order chi connectivity index (χ1) is 16.5. The van der Waals surface area contributed by atoms with Gasteiger partial charge in [0.05, 0.1) is 5.69 Å². The molecule has 3 heterocycles. The number of hydrogen-bond acceptors (Lipinski definition) is 5. The van der Waals surface area contributed by atoms with Crippen LogP contribution in [0.4, 0.5) is 4.39 Å². The average Bonchev–Trinajstić information content (AvgIpc) is 3.33. The molecule has 1 saturated carbocycles. The van der Waals surface area contributed by atoms with Crippen molar-refractivity contribution in [3.8, 4) is 10.6 Å². The summed E-state index contributed by atoms with van der Waals surface area (Å²) in [4.78, 5) is 23.8. The Balaban J connectivity index is 1.27. The zero-order chi connectivity index (χ0) is 23.3. The van der Waals surface area contributed by atoms with Gasteiger partial charge in [0, 0.05) is 17.5 Å². The second-order valence-corrected chi connectivity index (χ2v) is 10.2. The molecule has 1 aliphatic carbocycles. The van der Waals surface area contributed by atoms with Gasteiger partial charge in [0.2, 0.25) is 0 Å². The van der Waals surface area contributed by atoms with Crippen LogP contribution in [0.1, 0.15) is 42.5 Å². The van der Waals surface area contributed by atoms with Crippen molar-refractivity contribution in [1.29, 1.82) is 0 Å². The lowest BCUT2D eigenvalue weighted by Crippen LogP contribution is -2.35. The molecule has 2 fully saturated rings. The molecule has 4 aromatic rings. The number of carboxylic acid groups (broad SMARTS) is 1. The molecule has 0 bridgehead atoms. The molecule has 34 heavy (non-hydrogen) atoms. The number of hydrogen-bond donors (Lipinski definition) is 1. The monoisotopic (exact) mass is 473 g/mol. The molecule has 0 spiro atoms. The Morgan fingerprint density at radius 2 is 1.94 bits per heavy atom. The molecule has 1 aliphatic heterocycles. The third-order valence-corrected chi connectivity index (χ3v) is 8.12. The lowest BCUT2D eigenvalue weighted by atomic mass is 9.92. The fraction of sp³-hybridized carbons (Fsp3) is 0.296. The molecule has 2 aromatic heterocycles. The van der Waals surface area contributed by atoms with Crippen LogP contribution in [0.2, 0.25) is 0 Å². The number of likely N-dealkylation sites (tertiary alicyclic amines) is 1. The van der Waals surface area contributed by atoms with Crippen LogP contribution in [-0.2, 0) is 16.8 Å². The van der Waals surface area contributed by atoms with Crippen molar-refractivity contribution in [2.24, 2.45) is 0 Å². The van der Waals surface area contributed by atoms with Gasteiger partial charge in [0.1, 0.15) is 27.2 Å². The number of aromatic nitrogens is 2. The molecule has 0 radical (unpaired) electrons. The summed E-state index contributed by atoms with van der Waals surface area (Å²) in [6.45, 7) is 1.15. The number of carbonyl (C=O) groups is 1. The van der Waals surface area contributed by atoms with Gasteiger partial charge in [-0.3, -0.25) is 9.69 Å². The van der Waals surface area contributed by atoms with Gasteiger partial charge in [-0.15, -0.1) is 0 Å². The number of benzene rings is 2. The summed E-state index contributed by atoms with van der Waals surface area (Å²) in [5.74, 6) is -1.15. The average molecular weight is 474 g/mol. The van der Waals surface area contributed by atoms with Crippen molar-refractivity contribution >= 4 is 27.7 Å². The van der Waals surface area contributed by atoms with Gasteiger partial charge in [-0.25, -0.2) is 14.4 Å². The molecule has 0 unspecified atom stereocenters. The summed E-state index contributed by atoms with van der Waals surface area (Å²) in [5, 5.41) is 10.00. The maximum atomic E-state index is 15.1. The van der Waals surface area contributed by atoms with Gasteiger partial charge in [-0.05, 0) is 67.6 Å². The van der Waals surface area contributed by atoms with E-state index in [9.17, 15) is 9.90 Å². The van der Waals surface area contributed by atoms with Crippen LogP contribution in [0.15, 0.2) is 60.7 Å². The third-order valence-electron chi connectivity index (χ3n) is 7.12. The topological polar surface area (TPSA) is 66.3 Å². The van der Waals surface area contributed by atoms with Crippen molar-refractivity contribution < 1.29 is 14.3 Å². The van der Waals surface area contributed by atoms with E-state index in [1.807, 2.05) is 23.1 Å². The van der Waals surface area contributed by atoms with E-state index in [2.05, 4.69) is 35.3 Å². The van der Waals surface area contributed by atoms with Gasteiger partial charge < -0.3 is 5.11 Å². The van der Waals surface area contributed by atoms with Gasteiger partial charge in [0.15, 0.2) is 0 Å². The van der Waals surface area contributed by atoms with E-state index in [1.54, 1.807) is 6.07 Å². The first-order valence-electron chi connectivity index (χ1n) is 11.6. The number of nitrogens with zero attached hydrogens (tertiary/aromatic N) is 3. The summed E-state index contributed by atoms with van der Waals surface area (Å²) in [5.41, 5.74) is 4.32. The highest BCUT2D eigenvalue weighted by Gasteiger charge is 2.47. The number of pyridine rings is 1. The second kappa shape index (κ2) is 8.25. The third kappa shape index (κ3) is 3.69. The normalized spacial score (nSPS) is 19.5. The Bertz CT molecular complexity index is 1380. The minimum absolute atomic E-state index is 0.0180. The fourth-order valence-corrected chi connectivity index (χ4v) is 6.10. The Labute approximate surface area is 200 Å². The molecule has 2 aromatic carbocycles. The Morgan fingerprint density at radius 3 is 2.68 bits per heavy atom. The van der Waals surface area contributed by atoms with Crippen molar-refractivity contribution in [3.63, 3.8) is 0 Å². The predicted molar refractivity (Wildman–Crippen MR) is 130 cm³/mol. The van der Waals surface area contributed by atoms with E-state index in [4.69, 9.17) is 4.98 Å². The minimum atomic E-state index is -0.809.